The molecule has 31 heteroatoms. The van der Waals surface area contributed by atoms with Gasteiger partial charge in [0, 0.05) is 68.8 Å². The summed E-state index contributed by atoms with van der Waals surface area (Å²) >= 11 is 25.2. The van der Waals surface area contributed by atoms with Crippen LogP contribution in [0.5, 0.6) is 28.7 Å². The number of rotatable bonds is 31. The van der Waals surface area contributed by atoms with Crippen molar-refractivity contribution in [1.82, 2.24) is 14.5 Å². The van der Waals surface area contributed by atoms with Gasteiger partial charge in [-0.1, -0.05) is 64.6 Å². The number of ether oxygens (including phenoxy) is 9. The first-order valence-electron chi connectivity index (χ1n) is 30.3. The molecule has 4 aliphatic rings. The Bertz CT molecular complexity index is 3820. The molecule has 0 radical (unpaired) electrons. The standard InChI is InChI=1S/C36H38Cl2F2N2O9.C29H29Cl2F2N3O8S/c37-28-17-42(45)18-29(38)27(28)15-32(24-5-8-31(51-36(39)40)33(14-24)48-20-23-3-4-23)50-34(43)21-49-35(44)25-6-7-30(47-19-22-1-2-22)26(13-25)16-41-9-11-46-12-10-41;1-35(2)28(38)19-4-3-5-20(10-19)45(40,41)34-13-27(37)43-25(12-21-22(30)14-36(39)15-23(21)31)18-8-9-24(44-29(32)33)26(11-18)42-16-17-6-7-17/h5-8,13-14,17-18,22-23,32,36H,1-4,9-12,15-16,19-21H2;3-5,8-11,14-15,17,25,29,34H,6-7,12-13,16H2,1-2H3/t32-;25-/m00/s1. The van der Waals surface area contributed by atoms with Crippen LogP contribution in [0.1, 0.15) is 99.3 Å². The molecule has 22 nitrogen and oxygen atoms in total. The quantitative estimate of drug-likeness (QED) is 0.0139. The molecule has 2 aromatic heterocycles. The van der Waals surface area contributed by atoms with E-state index in [2.05, 4.69) is 19.1 Å². The van der Waals surface area contributed by atoms with Crippen LogP contribution in [0.4, 0.5) is 17.6 Å². The van der Waals surface area contributed by atoms with Gasteiger partial charge in [-0.3, -0.25) is 14.5 Å². The average molecular weight is 1440 g/mol. The third-order valence-electron chi connectivity index (χ3n) is 15.4. The number of nitrogens with one attached hydrogen (secondary N) is 1. The van der Waals surface area contributed by atoms with Gasteiger partial charge in [-0.05, 0) is 128 Å². The van der Waals surface area contributed by atoms with Crippen molar-refractivity contribution in [2.45, 2.75) is 88.2 Å². The Hall–Kier alpha value is -7.63. The van der Waals surface area contributed by atoms with E-state index in [0.29, 0.717) is 71.1 Å². The van der Waals surface area contributed by atoms with Crippen molar-refractivity contribution < 1.29 is 97.3 Å². The van der Waals surface area contributed by atoms with E-state index in [9.17, 15) is 55.6 Å². The van der Waals surface area contributed by atoms with Gasteiger partial charge in [-0.25, -0.2) is 18.0 Å². The number of carbonyl (C=O) groups is 4. The van der Waals surface area contributed by atoms with Gasteiger partial charge < -0.3 is 57.9 Å². The molecule has 0 spiro atoms. The molecule has 6 aromatic rings. The van der Waals surface area contributed by atoms with E-state index >= 15 is 0 Å². The summed E-state index contributed by atoms with van der Waals surface area (Å²) in [6.45, 7) is -3.30. The van der Waals surface area contributed by atoms with Crippen molar-refractivity contribution >= 4 is 80.2 Å². The second kappa shape index (κ2) is 33.6. The first-order chi connectivity index (χ1) is 45.8. The highest BCUT2D eigenvalue weighted by molar-refractivity contribution is 7.89. The maximum absolute atomic E-state index is 13.2. The maximum atomic E-state index is 13.2. The first-order valence-corrected chi connectivity index (χ1v) is 33.3. The number of hydrogen-bond donors (Lipinski definition) is 1. The molecule has 1 N–H and O–H groups in total. The minimum Gasteiger partial charge on any atom is -0.619 e. The molecule has 10 rings (SSSR count). The fraction of sp³-hybridized carbons (Fsp3) is 0.415. The number of alkyl halides is 4. The van der Waals surface area contributed by atoms with Crippen molar-refractivity contribution in [3.05, 3.63) is 173 Å². The minimum absolute atomic E-state index is 0.0174. The van der Waals surface area contributed by atoms with Gasteiger partial charge in [0.2, 0.25) is 10.0 Å². The van der Waals surface area contributed by atoms with Gasteiger partial charge in [0.1, 0.15) is 44.6 Å². The van der Waals surface area contributed by atoms with Crippen LogP contribution in [0, 0.1) is 28.2 Å². The van der Waals surface area contributed by atoms with E-state index in [0.717, 1.165) is 82.0 Å². The van der Waals surface area contributed by atoms with Crippen LogP contribution in [0.2, 0.25) is 20.1 Å². The highest BCUT2D eigenvalue weighted by Gasteiger charge is 2.31. The van der Waals surface area contributed by atoms with E-state index in [1.807, 2.05) is 0 Å². The second-order valence-electron chi connectivity index (χ2n) is 23.2. The Balaban J connectivity index is 0.000000227. The molecule has 1 saturated heterocycles. The van der Waals surface area contributed by atoms with Gasteiger partial charge in [-0.2, -0.15) is 31.7 Å². The Morgan fingerprint density at radius 1 is 0.625 bits per heavy atom. The Morgan fingerprint density at radius 2 is 1.09 bits per heavy atom. The predicted octanol–water partition coefficient (Wildman–Crippen LogP) is 10.8. The monoisotopic (exact) mass is 1440 g/mol. The number of nitrogens with zero attached hydrogens (tertiary/aromatic N) is 4. The van der Waals surface area contributed by atoms with E-state index in [-0.39, 0.29) is 95.6 Å². The van der Waals surface area contributed by atoms with Crippen LogP contribution < -0.4 is 37.9 Å². The van der Waals surface area contributed by atoms with Crippen LogP contribution in [-0.4, -0.2) is 129 Å². The number of halogens is 8. The molecule has 2 atom stereocenters. The summed E-state index contributed by atoms with van der Waals surface area (Å²) in [5, 5.41) is 23.6. The third kappa shape index (κ3) is 21.7. The molecule has 96 heavy (non-hydrogen) atoms. The Morgan fingerprint density at radius 3 is 1.56 bits per heavy atom. The lowest BCUT2D eigenvalue weighted by Gasteiger charge is -2.27. The highest BCUT2D eigenvalue weighted by atomic mass is 35.5. The van der Waals surface area contributed by atoms with Crippen molar-refractivity contribution in [1.29, 1.82) is 0 Å². The molecule has 1 aliphatic heterocycles. The number of hydrogen-bond acceptors (Lipinski definition) is 18. The zero-order valence-electron chi connectivity index (χ0n) is 51.7. The van der Waals surface area contributed by atoms with Crippen LogP contribution in [0.25, 0.3) is 0 Å². The Kier molecular flexibility index (Phi) is 25.4. The molecular weight excluding hydrogens is 1370 g/mol. The third-order valence-corrected chi connectivity index (χ3v) is 18.1. The van der Waals surface area contributed by atoms with Crippen molar-refractivity contribution in [3.63, 3.8) is 0 Å². The molecule has 4 aromatic carbocycles. The van der Waals surface area contributed by atoms with E-state index in [4.69, 9.17) is 79.6 Å². The molecule has 0 unspecified atom stereocenters. The zero-order valence-corrected chi connectivity index (χ0v) is 55.6. The smallest absolute Gasteiger partial charge is 0.387 e. The van der Waals surface area contributed by atoms with E-state index in [1.165, 1.54) is 79.7 Å². The fourth-order valence-electron chi connectivity index (χ4n) is 9.68. The van der Waals surface area contributed by atoms with Gasteiger partial charge in [-0.15, -0.1) is 0 Å². The van der Waals surface area contributed by atoms with Crippen molar-refractivity contribution in [2.24, 2.45) is 17.8 Å². The lowest BCUT2D eigenvalue weighted by molar-refractivity contribution is -0.605. The summed E-state index contributed by atoms with van der Waals surface area (Å²) in [6.07, 6.45) is 7.78. The molecule has 3 saturated carbocycles. The van der Waals surface area contributed by atoms with Crippen molar-refractivity contribution in [2.75, 3.05) is 73.4 Å². The summed E-state index contributed by atoms with van der Waals surface area (Å²) in [5.41, 5.74) is 2.32. The molecule has 516 valence electrons. The number of aromatic nitrogens is 2. The molecule has 3 aliphatic carbocycles. The summed E-state index contributed by atoms with van der Waals surface area (Å²) in [6, 6.07) is 18.5. The maximum Gasteiger partial charge on any atom is 0.387 e. The second-order valence-corrected chi connectivity index (χ2v) is 26.6. The highest BCUT2D eigenvalue weighted by Crippen LogP contribution is 2.41. The van der Waals surface area contributed by atoms with Gasteiger partial charge in [0.05, 0.1) is 43.5 Å². The number of carbonyl (C=O) groups excluding carboxylic acids is 4. The normalized spacial score (nSPS) is 15.4. The summed E-state index contributed by atoms with van der Waals surface area (Å²) in [5.74, 6) is -1.65. The summed E-state index contributed by atoms with van der Waals surface area (Å²) in [4.78, 5) is 55.0. The molecule has 1 amide bonds. The number of morpholine rings is 1. The number of pyridine rings is 2. The number of sulfonamides is 1. The molecular formula is C65H67Cl4F4N5O17S. The summed E-state index contributed by atoms with van der Waals surface area (Å²) < 4.78 is 131. The molecule has 0 bridgehead atoms. The topological polar surface area (TPSA) is 258 Å². The van der Waals surface area contributed by atoms with E-state index < -0.39 is 72.4 Å². The molecule has 3 heterocycles. The van der Waals surface area contributed by atoms with Gasteiger partial charge in [0.15, 0.2) is 54.4 Å². The van der Waals surface area contributed by atoms with Gasteiger partial charge >= 0.3 is 31.1 Å². The van der Waals surface area contributed by atoms with Crippen LogP contribution >= 0.6 is 46.4 Å². The van der Waals surface area contributed by atoms with E-state index in [1.54, 1.807) is 18.2 Å². The lowest BCUT2D eigenvalue weighted by atomic mass is 10.0. The summed E-state index contributed by atoms with van der Waals surface area (Å²) in [7, 11) is -1.22. The zero-order chi connectivity index (χ0) is 68.8. The Labute approximate surface area is 570 Å². The van der Waals surface area contributed by atoms with Crippen LogP contribution in [0.3, 0.4) is 0 Å². The van der Waals surface area contributed by atoms with Crippen LogP contribution in [0.15, 0.2) is 109 Å². The van der Waals surface area contributed by atoms with Crippen molar-refractivity contribution in [3.8, 4) is 28.7 Å². The largest absolute Gasteiger partial charge is 0.619 e. The minimum atomic E-state index is -4.26. The number of benzene rings is 4. The van der Waals surface area contributed by atoms with Gasteiger partial charge in [0.25, 0.3) is 5.91 Å². The average Bonchev–Trinajstić information content (AvgIpc) is 1.73. The first kappa shape index (κ1) is 72.6. The SMILES string of the molecule is CN(C)C(=O)c1cccc(S(=O)(=O)NCC(=O)O[C@@H](Cc2c(Cl)c[n+]([O-])cc2Cl)c2ccc(OC(F)F)c(OCC3CC3)c2)c1.O=C(COC(=O)c1ccc(OCC2CC2)c(CN2CCOCC2)c1)O[C@@H](Cc1c(Cl)c[n+]([O-])cc1Cl)c1ccc(OC(F)F)c(OCC2CC2)c1. The fourth-order valence-corrected chi connectivity index (χ4v) is 11.9. The predicted molar refractivity (Wildman–Crippen MR) is 339 cm³/mol. The number of esters is 3. The number of amides is 1. The molecule has 4 fully saturated rings. The van der Waals surface area contributed by atoms with Crippen LogP contribution in [-0.2, 0) is 57.9 Å². The lowest BCUT2D eigenvalue weighted by Crippen LogP contribution is -2.35.